The molecule has 0 spiro atoms. The van der Waals surface area contributed by atoms with Crippen molar-refractivity contribution in [1.82, 2.24) is 10.9 Å². The molecule has 0 heterocycles. The Morgan fingerprint density at radius 2 is 1.81 bits per heavy atom. The molecular formula is C12H16N2O2. The Morgan fingerprint density at radius 1 is 1.12 bits per heavy atom. The van der Waals surface area contributed by atoms with Crippen LogP contribution in [0.4, 0.5) is 0 Å². The van der Waals surface area contributed by atoms with Crippen molar-refractivity contribution < 1.29 is 9.59 Å². The average Bonchev–Trinajstić information content (AvgIpc) is 2.34. The lowest BCUT2D eigenvalue weighted by atomic mass is 10.2. The van der Waals surface area contributed by atoms with Gasteiger partial charge in [-0.2, -0.15) is 0 Å². The van der Waals surface area contributed by atoms with Crippen LogP contribution in [0.5, 0.6) is 0 Å². The number of carbonyl (C=O) groups is 2. The number of nitrogens with one attached hydrogen (secondary N) is 2. The normalized spacial score (nSPS) is 9.56. The number of rotatable bonds is 4. The molecular weight excluding hydrogens is 204 g/mol. The number of hydrogen-bond donors (Lipinski definition) is 2. The Kier molecular flexibility index (Phi) is 5.05. The highest BCUT2D eigenvalue weighted by atomic mass is 16.2. The number of amides is 2. The second-order valence-corrected chi connectivity index (χ2v) is 3.47. The minimum Gasteiger partial charge on any atom is -0.273 e. The first-order chi connectivity index (χ1) is 7.74. The van der Waals surface area contributed by atoms with Crippen LogP contribution in [-0.4, -0.2) is 11.8 Å². The van der Waals surface area contributed by atoms with Crippen LogP contribution in [0.3, 0.4) is 0 Å². The van der Waals surface area contributed by atoms with E-state index in [-0.39, 0.29) is 11.8 Å². The topological polar surface area (TPSA) is 58.2 Å². The third kappa shape index (κ3) is 4.13. The lowest BCUT2D eigenvalue weighted by molar-refractivity contribution is -0.121. The summed E-state index contributed by atoms with van der Waals surface area (Å²) in [6.45, 7) is 2.01. The van der Waals surface area contributed by atoms with Gasteiger partial charge >= 0.3 is 0 Å². The fraction of sp³-hybridized carbons (Fsp3) is 0.333. The number of carbonyl (C=O) groups excluding carboxylic acids is 2. The molecule has 0 fully saturated rings. The number of hydrogen-bond acceptors (Lipinski definition) is 2. The zero-order valence-corrected chi connectivity index (χ0v) is 9.32. The van der Waals surface area contributed by atoms with Gasteiger partial charge < -0.3 is 0 Å². The highest BCUT2D eigenvalue weighted by Gasteiger charge is 2.05. The summed E-state index contributed by atoms with van der Waals surface area (Å²) in [5.41, 5.74) is 5.27. The molecule has 0 aliphatic rings. The standard InChI is InChI=1S/C12H16N2O2/c1-2-3-9-11(15)13-14-12(16)10-7-5-4-6-8-10/h4-8H,2-3,9H2,1H3,(H,13,15)(H,14,16). The van der Waals surface area contributed by atoms with E-state index in [9.17, 15) is 9.59 Å². The molecule has 1 aromatic carbocycles. The summed E-state index contributed by atoms with van der Waals surface area (Å²) >= 11 is 0. The van der Waals surface area contributed by atoms with Crippen molar-refractivity contribution in [3.63, 3.8) is 0 Å². The summed E-state index contributed by atoms with van der Waals surface area (Å²) in [6.07, 6.45) is 2.22. The Balaban J connectivity index is 2.33. The van der Waals surface area contributed by atoms with Gasteiger partial charge in [0.2, 0.25) is 5.91 Å². The van der Waals surface area contributed by atoms with Gasteiger partial charge in [0.05, 0.1) is 0 Å². The van der Waals surface area contributed by atoms with E-state index in [1.54, 1.807) is 24.3 Å². The maximum absolute atomic E-state index is 11.5. The van der Waals surface area contributed by atoms with E-state index >= 15 is 0 Å². The first-order valence-corrected chi connectivity index (χ1v) is 5.38. The molecule has 1 rings (SSSR count). The molecule has 0 aliphatic heterocycles. The molecule has 0 aliphatic carbocycles. The minimum atomic E-state index is -0.301. The van der Waals surface area contributed by atoms with E-state index in [2.05, 4.69) is 10.9 Å². The van der Waals surface area contributed by atoms with Gasteiger partial charge in [0, 0.05) is 12.0 Å². The molecule has 0 aromatic heterocycles. The summed E-state index contributed by atoms with van der Waals surface area (Å²) in [5.74, 6) is -0.462. The predicted octanol–water partition coefficient (Wildman–Crippen LogP) is 1.64. The summed E-state index contributed by atoms with van der Waals surface area (Å²) in [7, 11) is 0. The van der Waals surface area contributed by atoms with Crippen molar-refractivity contribution in [3.8, 4) is 0 Å². The molecule has 4 heteroatoms. The van der Waals surface area contributed by atoms with Crippen molar-refractivity contribution in [3.05, 3.63) is 35.9 Å². The van der Waals surface area contributed by atoms with Gasteiger partial charge in [0.25, 0.3) is 5.91 Å². The first kappa shape index (κ1) is 12.2. The van der Waals surface area contributed by atoms with Gasteiger partial charge in [0.15, 0.2) is 0 Å². The Hall–Kier alpha value is -1.84. The van der Waals surface area contributed by atoms with Crippen molar-refractivity contribution in [2.45, 2.75) is 26.2 Å². The summed E-state index contributed by atoms with van der Waals surface area (Å²) in [6, 6.07) is 8.75. The number of unbranched alkanes of at least 4 members (excludes halogenated alkanes) is 1. The second kappa shape index (κ2) is 6.61. The molecule has 0 bridgehead atoms. The van der Waals surface area contributed by atoms with Crippen LogP contribution in [0.2, 0.25) is 0 Å². The maximum atomic E-state index is 11.5. The van der Waals surface area contributed by atoms with E-state index < -0.39 is 0 Å². The first-order valence-electron chi connectivity index (χ1n) is 5.38. The Labute approximate surface area is 95.0 Å². The molecule has 86 valence electrons. The lowest BCUT2D eigenvalue weighted by Gasteiger charge is -2.06. The number of hydrazine groups is 1. The van der Waals surface area contributed by atoms with Crippen molar-refractivity contribution in [2.75, 3.05) is 0 Å². The maximum Gasteiger partial charge on any atom is 0.269 e. The average molecular weight is 220 g/mol. The third-order valence-electron chi connectivity index (χ3n) is 2.11. The van der Waals surface area contributed by atoms with Crippen molar-refractivity contribution >= 4 is 11.8 Å². The predicted molar refractivity (Wildman–Crippen MR) is 61.6 cm³/mol. The molecule has 16 heavy (non-hydrogen) atoms. The van der Waals surface area contributed by atoms with Gasteiger partial charge in [-0.15, -0.1) is 0 Å². The highest BCUT2D eigenvalue weighted by Crippen LogP contribution is 1.97. The molecule has 2 N–H and O–H groups in total. The molecule has 1 aromatic rings. The van der Waals surface area contributed by atoms with Crippen LogP contribution in [0.1, 0.15) is 36.5 Å². The Bertz CT molecular complexity index is 349. The number of benzene rings is 1. The fourth-order valence-electron chi connectivity index (χ4n) is 1.19. The van der Waals surface area contributed by atoms with Crippen LogP contribution in [0, 0.1) is 0 Å². The van der Waals surface area contributed by atoms with Crippen LogP contribution in [0.25, 0.3) is 0 Å². The van der Waals surface area contributed by atoms with E-state index in [0.717, 1.165) is 12.8 Å². The van der Waals surface area contributed by atoms with E-state index in [0.29, 0.717) is 12.0 Å². The Morgan fingerprint density at radius 3 is 2.44 bits per heavy atom. The molecule has 0 radical (unpaired) electrons. The monoisotopic (exact) mass is 220 g/mol. The van der Waals surface area contributed by atoms with Gasteiger partial charge in [-0.3, -0.25) is 20.4 Å². The molecule has 0 atom stereocenters. The second-order valence-electron chi connectivity index (χ2n) is 3.47. The molecule has 0 unspecified atom stereocenters. The largest absolute Gasteiger partial charge is 0.273 e. The lowest BCUT2D eigenvalue weighted by Crippen LogP contribution is -2.41. The molecule has 0 saturated heterocycles. The fourth-order valence-corrected chi connectivity index (χ4v) is 1.19. The van der Waals surface area contributed by atoms with Crippen LogP contribution >= 0.6 is 0 Å². The van der Waals surface area contributed by atoms with Crippen molar-refractivity contribution in [1.29, 1.82) is 0 Å². The van der Waals surface area contributed by atoms with Crippen molar-refractivity contribution in [2.24, 2.45) is 0 Å². The zero-order valence-electron chi connectivity index (χ0n) is 9.32. The third-order valence-corrected chi connectivity index (χ3v) is 2.11. The summed E-state index contributed by atoms with van der Waals surface area (Å²) in [4.78, 5) is 22.7. The van der Waals surface area contributed by atoms with E-state index in [1.165, 1.54) is 0 Å². The van der Waals surface area contributed by atoms with Gasteiger partial charge in [-0.25, -0.2) is 0 Å². The zero-order chi connectivity index (χ0) is 11.8. The molecule has 2 amide bonds. The summed E-state index contributed by atoms with van der Waals surface area (Å²) < 4.78 is 0. The van der Waals surface area contributed by atoms with Crippen LogP contribution in [0.15, 0.2) is 30.3 Å². The summed E-state index contributed by atoms with van der Waals surface area (Å²) in [5, 5.41) is 0. The highest BCUT2D eigenvalue weighted by molar-refractivity contribution is 5.95. The SMILES string of the molecule is CCCCC(=O)NNC(=O)c1ccccc1. The van der Waals surface area contributed by atoms with Crippen LogP contribution < -0.4 is 10.9 Å². The van der Waals surface area contributed by atoms with E-state index in [4.69, 9.17) is 0 Å². The van der Waals surface area contributed by atoms with Gasteiger partial charge in [-0.05, 0) is 18.6 Å². The quantitative estimate of drug-likeness (QED) is 0.758. The molecule has 0 saturated carbocycles. The van der Waals surface area contributed by atoms with Gasteiger partial charge in [-0.1, -0.05) is 31.5 Å². The van der Waals surface area contributed by atoms with E-state index in [1.807, 2.05) is 13.0 Å². The minimum absolute atomic E-state index is 0.161. The van der Waals surface area contributed by atoms with Gasteiger partial charge in [0.1, 0.15) is 0 Å². The molecule has 4 nitrogen and oxygen atoms in total. The van der Waals surface area contributed by atoms with Crippen LogP contribution in [-0.2, 0) is 4.79 Å². The smallest absolute Gasteiger partial charge is 0.269 e.